The van der Waals surface area contributed by atoms with Crippen LogP contribution in [0.15, 0.2) is 53.5 Å². The number of carbonyl (C=O) groups excluding carboxylic acids is 1. The number of rotatable bonds is 5. The Balaban J connectivity index is 1.40. The SMILES string of the molecule is Cc1ccc(OC(C)C(=O)N2CCC(c3nc(-c4ccccn4)cc(=O)[nH]3)CC2)c(C)c1. The summed E-state index contributed by atoms with van der Waals surface area (Å²) in [5, 5.41) is 0. The zero-order valence-corrected chi connectivity index (χ0v) is 18.7. The molecule has 1 aliphatic rings. The topological polar surface area (TPSA) is 88.2 Å². The standard InChI is InChI=1S/C25H28N4O3/c1-16-7-8-22(17(2)14-16)32-18(3)25(31)29-12-9-19(10-13-29)24-27-21(15-23(30)28-24)20-6-4-5-11-26-20/h4-8,11,14-15,18-19H,9-10,12-13H2,1-3H3,(H,27,28,30). The zero-order chi connectivity index (χ0) is 22.7. The Morgan fingerprint density at radius 3 is 2.59 bits per heavy atom. The molecule has 7 heteroatoms. The largest absolute Gasteiger partial charge is 0.481 e. The van der Waals surface area contributed by atoms with Crippen LogP contribution in [-0.4, -0.2) is 45.0 Å². The number of aromatic amines is 1. The molecule has 1 atom stereocenters. The van der Waals surface area contributed by atoms with Gasteiger partial charge in [0.25, 0.3) is 11.5 Å². The summed E-state index contributed by atoms with van der Waals surface area (Å²) in [5.74, 6) is 1.46. The quantitative estimate of drug-likeness (QED) is 0.665. The van der Waals surface area contributed by atoms with Crippen LogP contribution in [0.1, 0.15) is 42.6 Å². The van der Waals surface area contributed by atoms with Gasteiger partial charge in [-0.15, -0.1) is 0 Å². The van der Waals surface area contributed by atoms with Gasteiger partial charge in [0.05, 0.1) is 11.4 Å². The fourth-order valence-corrected chi connectivity index (χ4v) is 4.12. The molecule has 32 heavy (non-hydrogen) atoms. The molecule has 0 aliphatic carbocycles. The van der Waals surface area contributed by atoms with E-state index >= 15 is 0 Å². The van der Waals surface area contributed by atoms with Gasteiger partial charge in [-0.3, -0.25) is 14.6 Å². The number of pyridine rings is 1. The van der Waals surface area contributed by atoms with Crippen LogP contribution in [0.25, 0.3) is 11.4 Å². The number of hydrogen-bond acceptors (Lipinski definition) is 5. The number of ether oxygens (including phenoxy) is 1. The van der Waals surface area contributed by atoms with E-state index in [2.05, 4.69) is 15.0 Å². The first kappa shape index (κ1) is 21.7. The van der Waals surface area contributed by atoms with Gasteiger partial charge >= 0.3 is 0 Å². The first-order valence-electron chi connectivity index (χ1n) is 11.0. The molecule has 1 saturated heterocycles. The van der Waals surface area contributed by atoms with Crippen molar-refractivity contribution in [3.63, 3.8) is 0 Å². The van der Waals surface area contributed by atoms with Crippen molar-refractivity contribution >= 4 is 5.91 Å². The second kappa shape index (κ2) is 9.34. The fourth-order valence-electron chi connectivity index (χ4n) is 4.12. The first-order chi connectivity index (χ1) is 15.4. The molecule has 166 valence electrons. The monoisotopic (exact) mass is 432 g/mol. The fraction of sp³-hybridized carbons (Fsp3) is 0.360. The van der Waals surface area contributed by atoms with Crippen LogP contribution in [0.5, 0.6) is 5.75 Å². The van der Waals surface area contributed by atoms with Crippen LogP contribution in [0, 0.1) is 13.8 Å². The van der Waals surface area contributed by atoms with E-state index in [1.807, 2.05) is 55.1 Å². The van der Waals surface area contributed by atoms with Gasteiger partial charge in [-0.05, 0) is 57.4 Å². The smallest absolute Gasteiger partial charge is 0.263 e. The number of nitrogens with zero attached hydrogens (tertiary/aromatic N) is 3. The van der Waals surface area contributed by atoms with Gasteiger partial charge < -0.3 is 14.6 Å². The number of aryl methyl sites for hydroxylation is 2. The minimum Gasteiger partial charge on any atom is -0.481 e. The second-order valence-corrected chi connectivity index (χ2v) is 8.36. The summed E-state index contributed by atoms with van der Waals surface area (Å²) in [6, 6.07) is 13.0. The van der Waals surface area contributed by atoms with Gasteiger partial charge in [0.2, 0.25) is 0 Å². The molecule has 1 amide bonds. The molecule has 4 rings (SSSR count). The van der Waals surface area contributed by atoms with Crippen molar-refractivity contribution in [2.75, 3.05) is 13.1 Å². The highest BCUT2D eigenvalue weighted by atomic mass is 16.5. The average Bonchev–Trinajstić information content (AvgIpc) is 2.80. The zero-order valence-electron chi connectivity index (χ0n) is 18.7. The summed E-state index contributed by atoms with van der Waals surface area (Å²) < 4.78 is 5.95. The lowest BCUT2D eigenvalue weighted by Gasteiger charge is -2.33. The Kier molecular flexibility index (Phi) is 6.35. The van der Waals surface area contributed by atoms with Crippen molar-refractivity contribution < 1.29 is 9.53 Å². The van der Waals surface area contributed by atoms with E-state index < -0.39 is 6.10 Å². The molecular formula is C25H28N4O3. The number of nitrogens with one attached hydrogen (secondary N) is 1. The number of piperidine rings is 1. The summed E-state index contributed by atoms with van der Waals surface area (Å²) in [5.41, 5.74) is 3.23. The number of hydrogen-bond donors (Lipinski definition) is 1. The number of aromatic nitrogens is 3. The predicted octanol–water partition coefficient (Wildman–Crippen LogP) is 3.62. The molecule has 7 nitrogen and oxygen atoms in total. The van der Waals surface area contributed by atoms with Gasteiger partial charge in [0, 0.05) is 31.3 Å². The van der Waals surface area contributed by atoms with Gasteiger partial charge in [0.15, 0.2) is 6.10 Å². The third-order valence-corrected chi connectivity index (χ3v) is 5.86. The highest BCUT2D eigenvalue weighted by Crippen LogP contribution is 2.27. The van der Waals surface area contributed by atoms with Crippen molar-refractivity contribution in [3.8, 4) is 17.1 Å². The van der Waals surface area contributed by atoms with Crippen LogP contribution >= 0.6 is 0 Å². The maximum absolute atomic E-state index is 12.9. The van der Waals surface area contributed by atoms with E-state index in [0.29, 0.717) is 30.3 Å². The molecule has 1 aliphatic heterocycles. The molecule has 1 fully saturated rings. The Morgan fingerprint density at radius 2 is 1.91 bits per heavy atom. The molecule has 0 bridgehead atoms. The number of H-pyrrole nitrogens is 1. The summed E-state index contributed by atoms with van der Waals surface area (Å²) in [6.07, 6.45) is 2.59. The normalized spacial score (nSPS) is 15.4. The summed E-state index contributed by atoms with van der Waals surface area (Å²) in [6.45, 7) is 7.01. The van der Waals surface area contributed by atoms with E-state index in [1.165, 1.54) is 6.07 Å². The average molecular weight is 433 g/mol. The van der Waals surface area contributed by atoms with E-state index in [1.54, 1.807) is 13.1 Å². The number of likely N-dealkylation sites (tertiary alicyclic amines) is 1. The number of carbonyl (C=O) groups is 1. The first-order valence-corrected chi connectivity index (χ1v) is 11.0. The lowest BCUT2D eigenvalue weighted by Crippen LogP contribution is -2.44. The Labute approximate surface area is 187 Å². The number of amides is 1. The minimum absolute atomic E-state index is 0.0212. The molecule has 0 saturated carbocycles. The van der Waals surface area contributed by atoms with Gasteiger partial charge in [0.1, 0.15) is 11.6 Å². The van der Waals surface area contributed by atoms with Crippen LogP contribution in [0.3, 0.4) is 0 Å². The van der Waals surface area contributed by atoms with E-state index in [9.17, 15) is 9.59 Å². The molecule has 2 aromatic heterocycles. The van der Waals surface area contributed by atoms with Gasteiger partial charge in [-0.2, -0.15) is 0 Å². The van der Waals surface area contributed by atoms with Gasteiger partial charge in [-0.25, -0.2) is 4.98 Å². The highest BCUT2D eigenvalue weighted by molar-refractivity contribution is 5.81. The van der Waals surface area contributed by atoms with Crippen LogP contribution in [0.2, 0.25) is 0 Å². The van der Waals surface area contributed by atoms with E-state index in [-0.39, 0.29) is 17.4 Å². The Bertz CT molecular complexity index is 1150. The third kappa shape index (κ3) is 4.88. The molecule has 3 aromatic rings. The Hall–Kier alpha value is -3.48. The summed E-state index contributed by atoms with van der Waals surface area (Å²) in [7, 11) is 0. The lowest BCUT2D eigenvalue weighted by molar-refractivity contribution is -0.139. The number of benzene rings is 1. The molecule has 0 radical (unpaired) electrons. The highest BCUT2D eigenvalue weighted by Gasteiger charge is 2.29. The molecule has 3 heterocycles. The Morgan fingerprint density at radius 1 is 1.12 bits per heavy atom. The summed E-state index contributed by atoms with van der Waals surface area (Å²) in [4.78, 5) is 38.8. The minimum atomic E-state index is -0.557. The lowest BCUT2D eigenvalue weighted by atomic mass is 9.95. The third-order valence-electron chi connectivity index (χ3n) is 5.86. The van der Waals surface area contributed by atoms with Crippen LogP contribution in [-0.2, 0) is 4.79 Å². The molecule has 0 spiro atoms. The van der Waals surface area contributed by atoms with E-state index in [0.717, 1.165) is 29.7 Å². The van der Waals surface area contributed by atoms with Crippen molar-refractivity contribution in [3.05, 3.63) is 76.0 Å². The van der Waals surface area contributed by atoms with Crippen LogP contribution < -0.4 is 10.3 Å². The van der Waals surface area contributed by atoms with E-state index in [4.69, 9.17) is 4.74 Å². The maximum atomic E-state index is 12.9. The molecule has 1 aromatic carbocycles. The van der Waals surface area contributed by atoms with Gasteiger partial charge in [-0.1, -0.05) is 23.8 Å². The van der Waals surface area contributed by atoms with Crippen molar-refractivity contribution in [1.82, 2.24) is 19.9 Å². The predicted molar refractivity (Wildman–Crippen MR) is 123 cm³/mol. The molecule has 1 unspecified atom stereocenters. The molecule has 1 N–H and O–H groups in total. The van der Waals surface area contributed by atoms with Crippen LogP contribution in [0.4, 0.5) is 0 Å². The van der Waals surface area contributed by atoms with Crippen molar-refractivity contribution in [2.24, 2.45) is 0 Å². The van der Waals surface area contributed by atoms with Crippen molar-refractivity contribution in [2.45, 2.75) is 45.6 Å². The molecular weight excluding hydrogens is 404 g/mol. The summed E-state index contributed by atoms with van der Waals surface area (Å²) >= 11 is 0. The maximum Gasteiger partial charge on any atom is 0.263 e. The van der Waals surface area contributed by atoms with Crippen molar-refractivity contribution in [1.29, 1.82) is 0 Å². The second-order valence-electron chi connectivity index (χ2n) is 8.36.